The van der Waals surface area contributed by atoms with Crippen LogP contribution in [0.15, 0.2) is 47.5 Å². The van der Waals surface area contributed by atoms with E-state index in [0.29, 0.717) is 22.0 Å². The number of rotatable bonds is 3. The number of sulfone groups is 1. The normalized spacial score (nSPS) is 12.1. The van der Waals surface area contributed by atoms with Crippen molar-refractivity contribution in [1.82, 2.24) is 15.2 Å². The van der Waals surface area contributed by atoms with E-state index in [1.807, 2.05) is 6.07 Å². The minimum absolute atomic E-state index is 0.0383. The van der Waals surface area contributed by atoms with Crippen LogP contribution < -0.4 is 0 Å². The lowest BCUT2D eigenvalue weighted by atomic mass is 10.00. The van der Waals surface area contributed by atoms with Crippen molar-refractivity contribution < 1.29 is 12.8 Å². The van der Waals surface area contributed by atoms with E-state index in [1.165, 1.54) is 24.3 Å². The first-order valence-corrected chi connectivity index (χ1v) is 9.89. The van der Waals surface area contributed by atoms with Gasteiger partial charge in [0.15, 0.2) is 9.84 Å². The number of benzene rings is 2. The smallest absolute Gasteiger partial charge is 0.181 e. The van der Waals surface area contributed by atoms with Crippen LogP contribution in [0.1, 0.15) is 6.92 Å². The molecule has 5 nitrogen and oxygen atoms in total. The first kappa shape index (κ1) is 16.9. The Hall–Kier alpha value is -2.51. The highest BCUT2D eigenvalue weighted by Gasteiger charge is 2.25. The van der Waals surface area contributed by atoms with E-state index < -0.39 is 15.7 Å². The number of halogens is 2. The number of hydrogen-bond acceptors (Lipinski definition) is 4. The molecule has 26 heavy (non-hydrogen) atoms. The molecule has 2 heterocycles. The standard InChI is InChI=1S/C18H13ClFN3O2S/c1-2-26(24,25)17-16(10-3-5-12(20)6-4-10)13-7-11-9-21-23-14(11)8-15(13)22-18(17)19/h3-9H,2H2,1H3,(H,21,23). The number of nitrogens with zero attached hydrogens (tertiary/aromatic N) is 2. The molecule has 1 N–H and O–H groups in total. The van der Waals surface area contributed by atoms with E-state index >= 15 is 0 Å². The highest BCUT2D eigenvalue weighted by molar-refractivity contribution is 7.91. The lowest BCUT2D eigenvalue weighted by Crippen LogP contribution is -2.08. The average molecular weight is 390 g/mol. The molecule has 4 aromatic rings. The molecule has 0 atom stereocenters. The Kier molecular flexibility index (Phi) is 3.93. The number of nitrogens with one attached hydrogen (secondary N) is 1. The summed E-state index contributed by atoms with van der Waals surface area (Å²) in [5.41, 5.74) is 2.26. The summed E-state index contributed by atoms with van der Waals surface area (Å²) in [6.45, 7) is 1.55. The Morgan fingerprint density at radius 3 is 2.62 bits per heavy atom. The summed E-state index contributed by atoms with van der Waals surface area (Å²) in [5.74, 6) is -0.530. The molecule has 0 saturated heterocycles. The summed E-state index contributed by atoms with van der Waals surface area (Å²) in [6.07, 6.45) is 1.64. The third-order valence-electron chi connectivity index (χ3n) is 4.28. The van der Waals surface area contributed by atoms with Gasteiger partial charge in [-0.2, -0.15) is 5.10 Å². The topological polar surface area (TPSA) is 75.7 Å². The Labute approximate surface area is 153 Å². The van der Waals surface area contributed by atoms with Gasteiger partial charge in [0.1, 0.15) is 15.9 Å². The minimum atomic E-state index is -3.66. The summed E-state index contributed by atoms with van der Waals surface area (Å²) < 4.78 is 38.8. The molecule has 132 valence electrons. The molecular formula is C18H13ClFN3O2S. The lowest BCUT2D eigenvalue weighted by Gasteiger charge is -2.15. The number of pyridine rings is 1. The Morgan fingerprint density at radius 1 is 1.19 bits per heavy atom. The van der Waals surface area contributed by atoms with E-state index in [0.717, 1.165) is 10.9 Å². The molecule has 0 saturated carbocycles. The van der Waals surface area contributed by atoms with Gasteiger partial charge < -0.3 is 0 Å². The number of aromatic amines is 1. The molecule has 0 aliphatic heterocycles. The number of aromatic nitrogens is 3. The third kappa shape index (κ3) is 2.64. The van der Waals surface area contributed by atoms with Crippen molar-refractivity contribution in [2.75, 3.05) is 5.75 Å². The highest BCUT2D eigenvalue weighted by atomic mass is 35.5. The van der Waals surface area contributed by atoms with Crippen molar-refractivity contribution in [2.24, 2.45) is 0 Å². The summed E-state index contributed by atoms with van der Waals surface area (Å²) in [7, 11) is -3.66. The molecule has 2 aromatic heterocycles. The summed E-state index contributed by atoms with van der Waals surface area (Å²) in [6, 6.07) is 9.22. The SMILES string of the molecule is CCS(=O)(=O)c1c(Cl)nc2cc3[nH]ncc3cc2c1-c1ccc(F)cc1. The van der Waals surface area contributed by atoms with Crippen LogP contribution in [0.4, 0.5) is 4.39 Å². The highest BCUT2D eigenvalue weighted by Crippen LogP contribution is 2.39. The van der Waals surface area contributed by atoms with Gasteiger partial charge in [-0.3, -0.25) is 5.10 Å². The van der Waals surface area contributed by atoms with E-state index in [9.17, 15) is 12.8 Å². The predicted molar refractivity (Wildman–Crippen MR) is 99.5 cm³/mol. The molecule has 0 fully saturated rings. The third-order valence-corrected chi connectivity index (χ3v) is 6.45. The molecule has 0 bridgehead atoms. The van der Waals surface area contributed by atoms with Crippen LogP contribution >= 0.6 is 11.6 Å². The molecule has 0 spiro atoms. The van der Waals surface area contributed by atoms with Gasteiger partial charge in [0.25, 0.3) is 0 Å². The van der Waals surface area contributed by atoms with Crippen molar-refractivity contribution in [3.05, 3.63) is 53.6 Å². The van der Waals surface area contributed by atoms with E-state index in [-0.39, 0.29) is 15.8 Å². The zero-order valence-corrected chi connectivity index (χ0v) is 15.2. The number of hydrogen-bond donors (Lipinski definition) is 1. The summed E-state index contributed by atoms with van der Waals surface area (Å²) >= 11 is 6.29. The second-order valence-corrected chi connectivity index (χ2v) is 8.42. The molecule has 0 aliphatic carbocycles. The second kappa shape index (κ2) is 6.03. The quantitative estimate of drug-likeness (QED) is 0.528. The molecule has 8 heteroatoms. The van der Waals surface area contributed by atoms with E-state index in [1.54, 1.807) is 19.2 Å². The van der Waals surface area contributed by atoms with Gasteiger partial charge in [-0.25, -0.2) is 17.8 Å². The molecule has 2 aromatic carbocycles. The van der Waals surface area contributed by atoms with Crippen molar-refractivity contribution in [1.29, 1.82) is 0 Å². The van der Waals surface area contributed by atoms with Gasteiger partial charge >= 0.3 is 0 Å². The average Bonchev–Trinajstić information content (AvgIpc) is 3.06. The molecule has 4 rings (SSSR count). The second-order valence-electron chi connectivity index (χ2n) is 5.84. The van der Waals surface area contributed by atoms with Crippen LogP contribution in [0.5, 0.6) is 0 Å². The van der Waals surface area contributed by atoms with Crippen molar-refractivity contribution in [2.45, 2.75) is 11.8 Å². The zero-order valence-electron chi connectivity index (χ0n) is 13.6. The van der Waals surface area contributed by atoms with Crippen molar-refractivity contribution in [3.8, 4) is 11.1 Å². The number of H-pyrrole nitrogens is 1. The van der Waals surface area contributed by atoms with Gasteiger partial charge in [0.2, 0.25) is 0 Å². The Bertz CT molecular complexity index is 1250. The van der Waals surface area contributed by atoms with Crippen LogP contribution in [0.3, 0.4) is 0 Å². The molecule has 0 unspecified atom stereocenters. The maximum atomic E-state index is 13.4. The number of fused-ring (bicyclic) bond motifs is 2. The van der Waals surface area contributed by atoms with E-state index in [4.69, 9.17) is 11.6 Å². The molecule has 0 radical (unpaired) electrons. The first-order chi connectivity index (χ1) is 12.4. The van der Waals surface area contributed by atoms with Crippen LogP contribution in [0.2, 0.25) is 5.15 Å². The van der Waals surface area contributed by atoms with Gasteiger partial charge in [0, 0.05) is 16.3 Å². The fourth-order valence-corrected chi connectivity index (χ4v) is 4.65. The monoisotopic (exact) mass is 389 g/mol. The largest absolute Gasteiger partial charge is 0.278 e. The zero-order chi connectivity index (χ0) is 18.5. The van der Waals surface area contributed by atoms with E-state index in [2.05, 4.69) is 15.2 Å². The van der Waals surface area contributed by atoms with Crippen molar-refractivity contribution >= 4 is 43.2 Å². The van der Waals surface area contributed by atoms with Crippen LogP contribution in [0, 0.1) is 5.82 Å². The lowest BCUT2D eigenvalue weighted by molar-refractivity contribution is 0.597. The Balaban J connectivity index is 2.21. The fourth-order valence-electron chi connectivity index (χ4n) is 2.99. The van der Waals surface area contributed by atoms with Gasteiger partial charge in [0.05, 0.1) is 23.0 Å². The fraction of sp³-hybridized carbons (Fsp3) is 0.111. The maximum Gasteiger partial charge on any atom is 0.181 e. The van der Waals surface area contributed by atoms with Crippen LogP contribution in [-0.4, -0.2) is 29.4 Å². The summed E-state index contributed by atoms with van der Waals surface area (Å²) in [5, 5.41) is 8.17. The predicted octanol–water partition coefficient (Wildman–Crippen LogP) is 4.36. The first-order valence-electron chi connectivity index (χ1n) is 7.85. The minimum Gasteiger partial charge on any atom is -0.278 e. The van der Waals surface area contributed by atoms with Gasteiger partial charge in [-0.15, -0.1) is 0 Å². The Morgan fingerprint density at radius 2 is 1.92 bits per heavy atom. The van der Waals surface area contributed by atoms with Crippen LogP contribution in [-0.2, 0) is 9.84 Å². The molecular weight excluding hydrogens is 377 g/mol. The molecule has 0 amide bonds. The summed E-state index contributed by atoms with van der Waals surface area (Å²) in [4.78, 5) is 4.25. The maximum absolute atomic E-state index is 13.4. The van der Waals surface area contributed by atoms with Crippen LogP contribution in [0.25, 0.3) is 32.9 Å². The van der Waals surface area contributed by atoms with Crippen molar-refractivity contribution in [3.63, 3.8) is 0 Å². The molecule has 0 aliphatic rings. The van der Waals surface area contributed by atoms with Gasteiger partial charge in [-0.1, -0.05) is 30.7 Å². The van der Waals surface area contributed by atoms with Gasteiger partial charge in [-0.05, 0) is 29.8 Å².